The van der Waals surface area contributed by atoms with E-state index in [0.29, 0.717) is 11.1 Å². The molecular formula is C18H18O4. The number of ether oxygens (including phenoxy) is 2. The van der Waals surface area contributed by atoms with Crippen LogP contribution in [0.5, 0.6) is 0 Å². The lowest BCUT2D eigenvalue weighted by molar-refractivity contribution is -0.0922. The molecule has 0 spiro atoms. The highest BCUT2D eigenvalue weighted by atomic mass is 16.6. The van der Waals surface area contributed by atoms with Gasteiger partial charge >= 0.3 is 5.97 Å². The van der Waals surface area contributed by atoms with Gasteiger partial charge < -0.3 is 14.6 Å². The van der Waals surface area contributed by atoms with Crippen LogP contribution in [-0.4, -0.2) is 24.3 Å². The smallest absolute Gasteiger partial charge is 0.338 e. The Kier molecular flexibility index (Phi) is 6.36. The monoisotopic (exact) mass is 298 g/mol. The summed E-state index contributed by atoms with van der Waals surface area (Å²) in [7, 11) is 0. The summed E-state index contributed by atoms with van der Waals surface area (Å²) >= 11 is 0. The number of aliphatic hydroxyl groups excluding tert-OH is 1. The molecule has 0 bridgehead atoms. The zero-order chi connectivity index (χ0) is 15.6. The molecule has 1 unspecified atom stereocenters. The van der Waals surface area contributed by atoms with Gasteiger partial charge in [0.05, 0.1) is 12.2 Å². The van der Waals surface area contributed by atoms with Gasteiger partial charge in [-0.15, -0.1) is 0 Å². The van der Waals surface area contributed by atoms with E-state index in [4.69, 9.17) is 9.47 Å². The Labute approximate surface area is 129 Å². The topological polar surface area (TPSA) is 55.8 Å². The summed E-state index contributed by atoms with van der Waals surface area (Å²) in [5.74, 6) is -0.365. The molecule has 0 saturated carbocycles. The SMILES string of the molecule is O=C(OC/C=C\COC(O)c1ccccc1)c1ccccc1. The average Bonchev–Trinajstić information content (AvgIpc) is 2.59. The fourth-order valence-corrected chi connectivity index (χ4v) is 1.78. The van der Waals surface area contributed by atoms with Crippen molar-refractivity contribution in [2.45, 2.75) is 6.29 Å². The molecule has 0 aromatic heterocycles. The lowest BCUT2D eigenvalue weighted by Gasteiger charge is -2.10. The molecule has 22 heavy (non-hydrogen) atoms. The standard InChI is InChI=1S/C18H18O4/c19-17(15-9-3-1-4-10-15)21-13-7-8-14-22-18(20)16-11-5-2-6-12-16/h1-12,17,19H,13-14H2/b8-7-. The maximum Gasteiger partial charge on any atom is 0.338 e. The summed E-state index contributed by atoms with van der Waals surface area (Å²) in [6.07, 6.45) is 2.42. The number of rotatable bonds is 7. The first-order valence-electron chi connectivity index (χ1n) is 6.99. The highest BCUT2D eigenvalue weighted by Gasteiger charge is 2.05. The summed E-state index contributed by atoms with van der Waals surface area (Å²) in [6, 6.07) is 17.9. The van der Waals surface area contributed by atoms with E-state index in [-0.39, 0.29) is 19.2 Å². The Hall–Kier alpha value is -2.43. The number of benzene rings is 2. The predicted octanol–water partition coefficient (Wildman–Crippen LogP) is 3.11. The van der Waals surface area contributed by atoms with E-state index in [1.54, 1.807) is 48.6 Å². The molecule has 4 nitrogen and oxygen atoms in total. The Morgan fingerprint density at radius 2 is 1.55 bits per heavy atom. The number of hydrogen-bond donors (Lipinski definition) is 1. The van der Waals surface area contributed by atoms with E-state index < -0.39 is 6.29 Å². The van der Waals surface area contributed by atoms with Crippen LogP contribution in [0.15, 0.2) is 72.8 Å². The van der Waals surface area contributed by atoms with Crippen LogP contribution in [-0.2, 0) is 9.47 Å². The normalized spacial score (nSPS) is 12.2. The van der Waals surface area contributed by atoms with Crippen LogP contribution in [0.2, 0.25) is 0 Å². The van der Waals surface area contributed by atoms with E-state index in [9.17, 15) is 9.90 Å². The molecule has 0 amide bonds. The van der Waals surface area contributed by atoms with Crippen LogP contribution >= 0.6 is 0 Å². The highest BCUT2D eigenvalue weighted by Crippen LogP contribution is 2.12. The molecule has 0 heterocycles. The Bertz CT molecular complexity index is 593. The predicted molar refractivity (Wildman–Crippen MR) is 83.2 cm³/mol. The second-order valence-corrected chi connectivity index (χ2v) is 4.53. The molecule has 0 aliphatic rings. The third-order valence-electron chi connectivity index (χ3n) is 2.92. The van der Waals surface area contributed by atoms with Gasteiger partial charge in [-0.3, -0.25) is 0 Å². The van der Waals surface area contributed by atoms with Gasteiger partial charge in [0.15, 0.2) is 6.29 Å². The highest BCUT2D eigenvalue weighted by molar-refractivity contribution is 5.89. The van der Waals surface area contributed by atoms with Gasteiger partial charge in [0.1, 0.15) is 6.61 Å². The van der Waals surface area contributed by atoms with Gasteiger partial charge in [-0.1, -0.05) is 54.6 Å². The van der Waals surface area contributed by atoms with Crippen molar-refractivity contribution in [1.29, 1.82) is 0 Å². The third-order valence-corrected chi connectivity index (χ3v) is 2.92. The first-order chi connectivity index (χ1) is 10.8. The van der Waals surface area contributed by atoms with Crippen molar-refractivity contribution in [2.24, 2.45) is 0 Å². The van der Waals surface area contributed by atoms with Crippen molar-refractivity contribution in [2.75, 3.05) is 13.2 Å². The number of carbonyl (C=O) groups excluding carboxylic acids is 1. The number of aliphatic hydroxyl groups is 1. The number of hydrogen-bond acceptors (Lipinski definition) is 4. The van der Waals surface area contributed by atoms with Gasteiger partial charge in [-0.05, 0) is 18.2 Å². The van der Waals surface area contributed by atoms with Gasteiger partial charge in [0.2, 0.25) is 0 Å². The van der Waals surface area contributed by atoms with Crippen LogP contribution in [0.4, 0.5) is 0 Å². The molecule has 1 N–H and O–H groups in total. The fraction of sp³-hybridized carbons (Fsp3) is 0.167. The summed E-state index contributed by atoms with van der Waals surface area (Å²) in [5.41, 5.74) is 1.22. The molecule has 0 radical (unpaired) electrons. The number of carbonyl (C=O) groups is 1. The van der Waals surface area contributed by atoms with Crippen molar-refractivity contribution in [3.8, 4) is 0 Å². The minimum absolute atomic E-state index is 0.165. The van der Waals surface area contributed by atoms with Crippen molar-refractivity contribution in [1.82, 2.24) is 0 Å². The maximum atomic E-state index is 11.6. The van der Waals surface area contributed by atoms with E-state index in [0.717, 1.165) is 0 Å². The second kappa shape index (κ2) is 8.77. The van der Waals surface area contributed by atoms with E-state index >= 15 is 0 Å². The van der Waals surface area contributed by atoms with Gasteiger partial charge in [0.25, 0.3) is 0 Å². The summed E-state index contributed by atoms with van der Waals surface area (Å²) in [6.45, 7) is 0.400. The minimum Gasteiger partial charge on any atom is -0.458 e. The van der Waals surface area contributed by atoms with Gasteiger partial charge in [0, 0.05) is 5.56 Å². The molecule has 0 aliphatic carbocycles. The van der Waals surface area contributed by atoms with Crippen LogP contribution in [0, 0.1) is 0 Å². The van der Waals surface area contributed by atoms with Crippen LogP contribution < -0.4 is 0 Å². The first kappa shape index (κ1) is 15.9. The zero-order valence-electron chi connectivity index (χ0n) is 12.1. The molecule has 114 valence electrons. The summed E-state index contributed by atoms with van der Waals surface area (Å²) < 4.78 is 10.3. The number of esters is 1. The molecule has 0 fully saturated rings. The van der Waals surface area contributed by atoms with Crippen molar-refractivity contribution < 1.29 is 19.4 Å². The van der Waals surface area contributed by atoms with E-state index in [1.165, 1.54) is 0 Å². The lowest BCUT2D eigenvalue weighted by atomic mass is 10.2. The molecule has 4 heteroatoms. The summed E-state index contributed by atoms with van der Waals surface area (Å²) in [4.78, 5) is 11.6. The summed E-state index contributed by atoms with van der Waals surface area (Å²) in [5, 5.41) is 9.77. The molecule has 0 aliphatic heterocycles. The molecule has 1 atom stereocenters. The van der Waals surface area contributed by atoms with Gasteiger partial charge in [-0.25, -0.2) is 4.79 Å². The van der Waals surface area contributed by atoms with Crippen LogP contribution in [0.25, 0.3) is 0 Å². The van der Waals surface area contributed by atoms with E-state index in [1.807, 2.05) is 24.3 Å². The van der Waals surface area contributed by atoms with E-state index in [2.05, 4.69) is 0 Å². The molecular weight excluding hydrogens is 280 g/mol. The minimum atomic E-state index is -0.960. The molecule has 2 rings (SSSR count). The fourth-order valence-electron chi connectivity index (χ4n) is 1.78. The van der Waals surface area contributed by atoms with Crippen molar-refractivity contribution in [3.63, 3.8) is 0 Å². The van der Waals surface area contributed by atoms with Gasteiger partial charge in [-0.2, -0.15) is 0 Å². The van der Waals surface area contributed by atoms with Crippen LogP contribution in [0.1, 0.15) is 22.2 Å². The third kappa shape index (κ3) is 5.16. The second-order valence-electron chi connectivity index (χ2n) is 4.53. The maximum absolute atomic E-state index is 11.6. The largest absolute Gasteiger partial charge is 0.458 e. The Morgan fingerprint density at radius 1 is 0.955 bits per heavy atom. The zero-order valence-corrected chi connectivity index (χ0v) is 12.1. The first-order valence-corrected chi connectivity index (χ1v) is 6.99. The molecule has 2 aromatic carbocycles. The molecule has 0 saturated heterocycles. The quantitative estimate of drug-likeness (QED) is 0.485. The Morgan fingerprint density at radius 3 is 2.23 bits per heavy atom. The molecule has 2 aromatic rings. The average molecular weight is 298 g/mol. The lowest BCUT2D eigenvalue weighted by Crippen LogP contribution is -2.05. The van der Waals surface area contributed by atoms with Crippen LogP contribution in [0.3, 0.4) is 0 Å². The van der Waals surface area contributed by atoms with Crippen molar-refractivity contribution in [3.05, 3.63) is 83.9 Å². The van der Waals surface area contributed by atoms with Crippen molar-refractivity contribution >= 4 is 5.97 Å². The Balaban J connectivity index is 1.65.